The first-order chi connectivity index (χ1) is 13.1. The lowest BCUT2D eigenvalue weighted by atomic mass is 10.2. The summed E-state index contributed by atoms with van der Waals surface area (Å²) in [7, 11) is 0. The van der Waals surface area contributed by atoms with E-state index < -0.39 is 21.0 Å². The first kappa shape index (κ1) is 22.1. The van der Waals surface area contributed by atoms with Crippen LogP contribution in [0.5, 0.6) is 0 Å². The number of halogens is 3. The molecule has 152 valence electrons. The molecule has 9 nitrogen and oxygen atoms in total. The number of amides is 1. The molecule has 0 saturated carbocycles. The van der Waals surface area contributed by atoms with E-state index in [1.807, 2.05) is 19.1 Å². The van der Waals surface area contributed by atoms with Crippen molar-refractivity contribution in [2.24, 2.45) is 0 Å². The van der Waals surface area contributed by atoms with Crippen LogP contribution in [0.1, 0.15) is 11.4 Å². The van der Waals surface area contributed by atoms with Crippen molar-refractivity contribution in [3.63, 3.8) is 0 Å². The molecule has 1 atom stereocenters. The van der Waals surface area contributed by atoms with Crippen LogP contribution >= 0.6 is 34.8 Å². The van der Waals surface area contributed by atoms with Gasteiger partial charge in [-0.25, -0.2) is 14.3 Å². The number of anilines is 1. The predicted octanol–water partition coefficient (Wildman–Crippen LogP) is 3.94. The van der Waals surface area contributed by atoms with Crippen LogP contribution in [0, 0.1) is 24.0 Å². The highest BCUT2D eigenvalue weighted by molar-refractivity contribution is 6.68. The van der Waals surface area contributed by atoms with Crippen molar-refractivity contribution in [3.05, 3.63) is 52.0 Å². The first-order valence-corrected chi connectivity index (χ1v) is 9.21. The number of alkyl carbamates (subject to hydrolysis) is 1. The number of aromatic nitrogens is 2. The lowest BCUT2D eigenvalue weighted by Gasteiger charge is -2.27. The number of hydrogen-bond acceptors (Lipinski definition) is 6. The van der Waals surface area contributed by atoms with Crippen molar-refractivity contribution in [2.45, 2.75) is 30.4 Å². The average molecular weight is 451 g/mol. The van der Waals surface area contributed by atoms with E-state index in [2.05, 4.69) is 15.6 Å². The number of alkyl halides is 3. The maximum Gasteiger partial charge on any atom is 0.409 e. The quantitative estimate of drug-likeness (QED) is 0.286. The highest BCUT2D eigenvalue weighted by Crippen LogP contribution is 2.31. The fourth-order valence-corrected chi connectivity index (χ4v) is 2.61. The minimum Gasteiger partial charge on any atom is -0.445 e. The van der Waals surface area contributed by atoms with Crippen LogP contribution < -0.4 is 10.6 Å². The van der Waals surface area contributed by atoms with Crippen LogP contribution in [0.15, 0.2) is 30.5 Å². The molecule has 12 heteroatoms. The number of nitrogens with zero attached hydrogens (tertiary/aromatic N) is 3. The number of benzene rings is 1. The van der Waals surface area contributed by atoms with Gasteiger partial charge < -0.3 is 20.2 Å². The fourth-order valence-electron chi connectivity index (χ4n) is 2.28. The summed E-state index contributed by atoms with van der Waals surface area (Å²) in [5.41, 5.74) is 1.68. The molecule has 0 aliphatic heterocycles. The molecule has 1 aromatic carbocycles. The number of rotatable bonds is 7. The third-order valence-electron chi connectivity index (χ3n) is 3.72. The van der Waals surface area contributed by atoms with Gasteiger partial charge in [-0.05, 0) is 24.0 Å². The van der Waals surface area contributed by atoms with Crippen LogP contribution in [0.2, 0.25) is 0 Å². The van der Waals surface area contributed by atoms with E-state index in [1.165, 1.54) is 4.57 Å². The zero-order chi connectivity index (χ0) is 20.9. The zero-order valence-corrected chi connectivity index (χ0v) is 17.3. The molecule has 0 bridgehead atoms. The van der Waals surface area contributed by atoms with Gasteiger partial charge in [-0.3, -0.25) is 5.32 Å². The number of imidazole rings is 1. The van der Waals surface area contributed by atoms with Crippen molar-refractivity contribution in [2.75, 3.05) is 11.9 Å². The van der Waals surface area contributed by atoms with E-state index in [9.17, 15) is 14.9 Å². The number of carbonyl (C=O) groups excluding carboxylic acids is 1. The predicted molar refractivity (Wildman–Crippen MR) is 107 cm³/mol. The number of aryl methyl sites for hydroxylation is 2. The molecule has 1 heterocycles. The van der Waals surface area contributed by atoms with Gasteiger partial charge in [0.05, 0.1) is 0 Å². The van der Waals surface area contributed by atoms with Crippen molar-refractivity contribution >= 4 is 52.4 Å². The van der Waals surface area contributed by atoms with E-state index in [0.717, 1.165) is 11.8 Å². The number of ether oxygens (including phenoxy) is 1. The number of carbonyl (C=O) groups is 1. The third-order valence-corrected chi connectivity index (χ3v) is 4.38. The molecular formula is C16H18Cl3N5O4. The molecule has 2 rings (SSSR count). The molecule has 2 aromatic rings. The Balaban J connectivity index is 1.94. The van der Waals surface area contributed by atoms with Gasteiger partial charge in [-0.15, -0.1) is 0 Å². The summed E-state index contributed by atoms with van der Waals surface area (Å²) in [5, 5.41) is 16.3. The Morgan fingerprint density at radius 2 is 1.96 bits per heavy atom. The zero-order valence-electron chi connectivity index (χ0n) is 15.0. The number of nitro groups is 1. The van der Waals surface area contributed by atoms with Crippen molar-refractivity contribution in [1.29, 1.82) is 0 Å². The summed E-state index contributed by atoms with van der Waals surface area (Å²) < 4.78 is 4.52. The van der Waals surface area contributed by atoms with Crippen molar-refractivity contribution in [3.8, 4) is 0 Å². The number of hydrogen-bond donors (Lipinski definition) is 2. The molecule has 0 fully saturated rings. The standard InChI is InChI=1S/C16H18Cl3N5O4/c1-10-3-5-12(6-4-10)21-14(16(17,18)19)22-15(25)28-8-7-23-11(2)20-9-13(23)24(26)27/h3-6,9,14,21H,7-8H2,1-2H3,(H,22,25)/t14-/m0/s1. The Morgan fingerprint density at radius 3 is 2.54 bits per heavy atom. The van der Waals surface area contributed by atoms with Gasteiger partial charge in [-0.1, -0.05) is 52.5 Å². The molecule has 28 heavy (non-hydrogen) atoms. The summed E-state index contributed by atoms with van der Waals surface area (Å²) in [5.74, 6) is 0.234. The van der Waals surface area contributed by atoms with Gasteiger partial charge in [-0.2, -0.15) is 0 Å². The Bertz CT molecular complexity index is 836. The maximum absolute atomic E-state index is 12.1. The van der Waals surface area contributed by atoms with Crippen LogP contribution in [0.4, 0.5) is 16.3 Å². The molecule has 0 aliphatic rings. The molecule has 0 aliphatic carbocycles. The summed E-state index contributed by atoms with van der Waals surface area (Å²) in [4.78, 5) is 26.3. The van der Waals surface area contributed by atoms with Gasteiger partial charge >= 0.3 is 11.9 Å². The second-order valence-electron chi connectivity index (χ2n) is 5.84. The number of nitrogens with one attached hydrogen (secondary N) is 2. The fraction of sp³-hybridized carbons (Fsp3) is 0.375. The smallest absolute Gasteiger partial charge is 0.409 e. The second kappa shape index (κ2) is 9.31. The Kier molecular flexibility index (Phi) is 7.34. The van der Waals surface area contributed by atoms with Crippen LogP contribution in [-0.4, -0.2) is 37.1 Å². The molecular weight excluding hydrogens is 433 g/mol. The van der Waals surface area contributed by atoms with E-state index in [-0.39, 0.29) is 19.0 Å². The lowest BCUT2D eigenvalue weighted by molar-refractivity contribution is -0.392. The first-order valence-electron chi connectivity index (χ1n) is 8.07. The molecule has 0 spiro atoms. The highest BCUT2D eigenvalue weighted by Gasteiger charge is 2.34. The Labute approximate surface area is 176 Å². The molecule has 2 N–H and O–H groups in total. The highest BCUT2D eigenvalue weighted by atomic mass is 35.6. The minimum atomic E-state index is -1.86. The van der Waals surface area contributed by atoms with Gasteiger partial charge in [0.2, 0.25) is 3.79 Å². The van der Waals surface area contributed by atoms with Crippen molar-refractivity contribution < 1.29 is 14.5 Å². The average Bonchev–Trinajstić information content (AvgIpc) is 2.96. The third kappa shape index (κ3) is 6.15. The summed E-state index contributed by atoms with van der Waals surface area (Å²) in [6, 6.07) is 7.26. The monoisotopic (exact) mass is 449 g/mol. The Hall–Kier alpha value is -2.23. The lowest BCUT2D eigenvalue weighted by Crippen LogP contribution is -2.49. The van der Waals surface area contributed by atoms with Gasteiger partial charge in [0, 0.05) is 12.6 Å². The van der Waals surface area contributed by atoms with Crippen molar-refractivity contribution in [1.82, 2.24) is 14.9 Å². The largest absolute Gasteiger partial charge is 0.445 e. The van der Waals surface area contributed by atoms with Crippen LogP contribution in [0.3, 0.4) is 0 Å². The normalized spacial score (nSPS) is 12.3. The molecule has 1 amide bonds. The summed E-state index contributed by atoms with van der Waals surface area (Å²) >= 11 is 17.8. The van der Waals surface area contributed by atoms with Crippen LogP contribution in [-0.2, 0) is 11.3 Å². The summed E-state index contributed by atoms with van der Waals surface area (Å²) in [6.45, 7) is 3.45. The van der Waals surface area contributed by atoms with E-state index >= 15 is 0 Å². The second-order valence-corrected chi connectivity index (χ2v) is 8.21. The topological polar surface area (TPSA) is 111 Å². The maximum atomic E-state index is 12.1. The van der Waals surface area contributed by atoms with E-state index in [0.29, 0.717) is 11.5 Å². The molecule has 1 aromatic heterocycles. The van der Waals surface area contributed by atoms with E-state index in [1.54, 1.807) is 19.1 Å². The SMILES string of the molecule is Cc1ccc(N[C@@H](NC(=O)OCCn2c([N+](=O)[O-])cnc2C)C(Cl)(Cl)Cl)cc1. The molecule has 0 unspecified atom stereocenters. The van der Waals surface area contributed by atoms with Gasteiger partial charge in [0.15, 0.2) is 5.82 Å². The van der Waals surface area contributed by atoms with Gasteiger partial charge in [0.25, 0.3) is 0 Å². The summed E-state index contributed by atoms with van der Waals surface area (Å²) in [6.07, 6.45) is -0.784. The molecule has 0 saturated heterocycles. The Morgan fingerprint density at radius 1 is 1.32 bits per heavy atom. The minimum absolute atomic E-state index is 0.0550. The van der Waals surface area contributed by atoms with Crippen LogP contribution in [0.25, 0.3) is 0 Å². The van der Waals surface area contributed by atoms with E-state index in [4.69, 9.17) is 39.5 Å². The molecule has 0 radical (unpaired) electrons. The van der Waals surface area contributed by atoms with Gasteiger partial charge in [0.1, 0.15) is 25.5 Å².